The summed E-state index contributed by atoms with van der Waals surface area (Å²) in [5, 5.41) is 9.45. The molecule has 0 aromatic carbocycles. The highest BCUT2D eigenvalue weighted by Crippen LogP contribution is 2.31. The van der Waals surface area contributed by atoms with Gasteiger partial charge in [0.1, 0.15) is 0 Å². The Bertz CT molecular complexity index is 197. The van der Waals surface area contributed by atoms with Crippen LogP contribution in [0.4, 0.5) is 0 Å². The molecule has 0 rings (SSSR count). The fourth-order valence-corrected chi connectivity index (χ4v) is 1.90. The van der Waals surface area contributed by atoms with Gasteiger partial charge in [-0.3, -0.25) is 5.73 Å². The van der Waals surface area contributed by atoms with E-state index in [4.69, 9.17) is 10.5 Å². The van der Waals surface area contributed by atoms with Crippen LogP contribution in [0.5, 0.6) is 0 Å². The SMILES string of the molecule is CCCCCCCC(C)(C)C(C)OC(C)(N)O. The van der Waals surface area contributed by atoms with E-state index in [1.54, 1.807) is 0 Å². The van der Waals surface area contributed by atoms with E-state index >= 15 is 0 Å². The van der Waals surface area contributed by atoms with E-state index in [1.807, 2.05) is 6.92 Å². The molecule has 0 radical (unpaired) electrons. The molecule has 0 aliphatic carbocycles. The molecule has 0 bridgehead atoms. The maximum atomic E-state index is 9.45. The average molecular weight is 245 g/mol. The van der Waals surface area contributed by atoms with Crippen molar-refractivity contribution in [2.24, 2.45) is 11.1 Å². The lowest BCUT2D eigenvalue weighted by Crippen LogP contribution is -2.45. The van der Waals surface area contributed by atoms with Crippen LogP contribution in [0, 0.1) is 5.41 Å². The Balaban J connectivity index is 3.92. The molecule has 0 aromatic rings. The normalized spacial score (nSPS) is 17.8. The van der Waals surface area contributed by atoms with Crippen molar-refractivity contribution < 1.29 is 9.84 Å². The molecule has 0 spiro atoms. The minimum atomic E-state index is -1.53. The van der Waals surface area contributed by atoms with Crippen molar-refractivity contribution in [3.63, 3.8) is 0 Å². The zero-order valence-electron chi connectivity index (χ0n) is 12.3. The molecule has 104 valence electrons. The zero-order valence-corrected chi connectivity index (χ0v) is 12.3. The summed E-state index contributed by atoms with van der Waals surface area (Å²) >= 11 is 0. The number of rotatable bonds is 9. The molecule has 0 heterocycles. The van der Waals surface area contributed by atoms with E-state index in [9.17, 15) is 5.11 Å². The lowest BCUT2D eigenvalue weighted by atomic mass is 9.82. The maximum Gasteiger partial charge on any atom is 0.219 e. The van der Waals surface area contributed by atoms with Crippen LogP contribution in [0.25, 0.3) is 0 Å². The topological polar surface area (TPSA) is 55.5 Å². The summed E-state index contributed by atoms with van der Waals surface area (Å²) in [6.07, 6.45) is 7.47. The van der Waals surface area contributed by atoms with E-state index in [0.717, 1.165) is 6.42 Å². The third-order valence-corrected chi connectivity index (χ3v) is 3.44. The summed E-state index contributed by atoms with van der Waals surface area (Å²) in [7, 11) is 0. The Hall–Kier alpha value is -0.120. The van der Waals surface area contributed by atoms with Gasteiger partial charge in [0.25, 0.3) is 0 Å². The number of hydrogen-bond acceptors (Lipinski definition) is 3. The minimum Gasteiger partial charge on any atom is -0.354 e. The van der Waals surface area contributed by atoms with E-state index < -0.39 is 5.91 Å². The summed E-state index contributed by atoms with van der Waals surface area (Å²) in [6, 6.07) is 0. The molecule has 0 fully saturated rings. The number of unbranched alkanes of at least 4 members (excludes halogenated alkanes) is 4. The molecule has 3 heteroatoms. The van der Waals surface area contributed by atoms with E-state index in [-0.39, 0.29) is 11.5 Å². The molecule has 0 aliphatic heterocycles. The predicted octanol–water partition coefficient (Wildman–Crippen LogP) is 3.40. The highest BCUT2D eigenvalue weighted by atomic mass is 16.6. The summed E-state index contributed by atoms with van der Waals surface area (Å²) in [4.78, 5) is 0. The number of hydrogen-bond donors (Lipinski definition) is 2. The van der Waals surface area contributed by atoms with Gasteiger partial charge in [-0.1, -0.05) is 52.9 Å². The fourth-order valence-electron chi connectivity index (χ4n) is 1.90. The van der Waals surface area contributed by atoms with E-state index in [2.05, 4.69) is 20.8 Å². The molecule has 3 nitrogen and oxygen atoms in total. The van der Waals surface area contributed by atoms with Crippen LogP contribution >= 0.6 is 0 Å². The molecule has 0 amide bonds. The summed E-state index contributed by atoms with van der Waals surface area (Å²) < 4.78 is 5.41. The lowest BCUT2D eigenvalue weighted by Gasteiger charge is -2.35. The second-order valence-electron chi connectivity index (χ2n) is 5.97. The van der Waals surface area contributed by atoms with Crippen LogP contribution in [0.2, 0.25) is 0 Å². The number of aliphatic hydroxyl groups is 1. The molecule has 2 unspecified atom stereocenters. The lowest BCUT2D eigenvalue weighted by molar-refractivity contribution is -0.231. The van der Waals surface area contributed by atoms with Crippen LogP contribution < -0.4 is 5.73 Å². The highest BCUT2D eigenvalue weighted by Gasteiger charge is 2.30. The smallest absolute Gasteiger partial charge is 0.219 e. The van der Waals surface area contributed by atoms with Gasteiger partial charge in [-0.25, -0.2) is 0 Å². The van der Waals surface area contributed by atoms with Gasteiger partial charge in [-0.05, 0) is 18.8 Å². The van der Waals surface area contributed by atoms with Gasteiger partial charge in [0.15, 0.2) is 0 Å². The van der Waals surface area contributed by atoms with Crippen molar-refractivity contribution in [1.29, 1.82) is 0 Å². The first kappa shape index (κ1) is 16.9. The van der Waals surface area contributed by atoms with Crippen molar-refractivity contribution in [2.45, 2.75) is 85.2 Å². The molecular weight excluding hydrogens is 214 g/mol. The van der Waals surface area contributed by atoms with Crippen LogP contribution in [-0.4, -0.2) is 17.1 Å². The molecule has 3 N–H and O–H groups in total. The van der Waals surface area contributed by atoms with Crippen LogP contribution in [0.3, 0.4) is 0 Å². The van der Waals surface area contributed by atoms with E-state index in [0.29, 0.717) is 0 Å². The van der Waals surface area contributed by atoms with Gasteiger partial charge < -0.3 is 9.84 Å². The molecule has 0 aromatic heterocycles. The molecule has 17 heavy (non-hydrogen) atoms. The van der Waals surface area contributed by atoms with Gasteiger partial charge >= 0.3 is 0 Å². The van der Waals surface area contributed by atoms with Gasteiger partial charge in [-0.2, -0.15) is 0 Å². The first-order chi connectivity index (χ1) is 7.69. The zero-order chi connectivity index (χ0) is 13.5. The van der Waals surface area contributed by atoms with Crippen molar-refractivity contribution in [3.8, 4) is 0 Å². The van der Waals surface area contributed by atoms with Crippen LogP contribution in [0.1, 0.15) is 73.1 Å². The largest absolute Gasteiger partial charge is 0.354 e. The summed E-state index contributed by atoms with van der Waals surface area (Å²) in [5.41, 5.74) is 5.51. The van der Waals surface area contributed by atoms with Crippen molar-refractivity contribution >= 4 is 0 Å². The van der Waals surface area contributed by atoms with Crippen LogP contribution in [0.15, 0.2) is 0 Å². The first-order valence-corrected chi connectivity index (χ1v) is 6.88. The third-order valence-electron chi connectivity index (χ3n) is 3.44. The Kier molecular flexibility index (Phi) is 7.29. The molecule has 0 saturated heterocycles. The second kappa shape index (κ2) is 7.34. The predicted molar refractivity (Wildman–Crippen MR) is 72.5 cm³/mol. The van der Waals surface area contributed by atoms with Gasteiger partial charge in [-0.15, -0.1) is 0 Å². The molecule has 0 saturated carbocycles. The Labute approximate surface area is 107 Å². The number of ether oxygens (including phenoxy) is 1. The Morgan fingerprint density at radius 2 is 1.65 bits per heavy atom. The quantitative estimate of drug-likeness (QED) is 0.483. The van der Waals surface area contributed by atoms with E-state index in [1.165, 1.54) is 39.0 Å². The van der Waals surface area contributed by atoms with Crippen LogP contribution in [-0.2, 0) is 4.74 Å². The summed E-state index contributed by atoms with van der Waals surface area (Å²) in [6.45, 7) is 10.0. The standard InChI is InChI=1S/C14H31NO2/c1-6-7-8-9-10-11-13(3,4)12(2)17-14(5,15)16/h12,16H,6-11,15H2,1-5H3. The van der Waals surface area contributed by atoms with Gasteiger partial charge in [0, 0.05) is 6.92 Å². The minimum absolute atomic E-state index is 0.0475. The van der Waals surface area contributed by atoms with Gasteiger partial charge in [0.05, 0.1) is 6.10 Å². The van der Waals surface area contributed by atoms with Crippen molar-refractivity contribution in [1.82, 2.24) is 0 Å². The average Bonchev–Trinajstić information content (AvgIpc) is 2.14. The molecular formula is C14H31NO2. The summed E-state index contributed by atoms with van der Waals surface area (Å²) in [5.74, 6) is -1.53. The fraction of sp³-hybridized carbons (Fsp3) is 1.00. The van der Waals surface area contributed by atoms with Crippen molar-refractivity contribution in [3.05, 3.63) is 0 Å². The van der Waals surface area contributed by atoms with Crippen molar-refractivity contribution in [2.75, 3.05) is 0 Å². The Morgan fingerprint density at radius 3 is 2.12 bits per heavy atom. The second-order valence-corrected chi connectivity index (χ2v) is 5.97. The number of nitrogens with two attached hydrogens (primary N) is 1. The Morgan fingerprint density at radius 1 is 1.12 bits per heavy atom. The molecule has 0 aliphatic rings. The monoisotopic (exact) mass is 245 g/mol. The first-order valence-electron chi connectivity index (χ1n) is 6.88. The molecule has 2 atom stereocenters. The maximum absolute atomic E-state index is 9.45. The third kappa shape index (κ3) is 8.58. The highest BCUT2D eigenvalue weighted by molar-refractivity contribution is 4.77. The van der Waals surface area contributed by atoms with Gasteiger partial charge in [0.2, 0.25) is 5.91 Å².